The van der Waals surface area contributed by atoms with Gasteiger partial charge in [0, 0.05) is 18.9 Å². The van der Waals surface area contributed by atoms with Gasteiger partial charge in [-0.1, -0.05) is 0 Å². The molecule has 5 nitrogen and oxygen atoms in total. The molecule has 1 amide bonds. The molecule has 5 aliphatic rings. The van der Waals surface area contributed by atoms with Crippen LogP contribution in [-0.4, -0.2) is 35.7 Å². The number of hydrogen-bond donors (Lipinski definition) is 2. The molecule has 1 atom stereocenters. The first-order chi connectivity index (χ1) is 10.1. The molecule has 4 bridgehead atoms. The largest absolute Gasteiger partial charge is 0.479 e. The topological polar surface area (TPSA) is 75.6 Å². The van der Waals surface area contributed by atoms with Gasteiger partial charge in [0.05, 0.1) is 6.61 Å². The van der Waals surface area contributed by atoms with Crippen LogP contribution in [-0.2, 0) is 14.3 Å². The van der Waals surface area contributed by atoms with E-state index < -0.39 is 11.5 Å². The zero-order valence-corrected chi connectivity index (χ0v) is 12.2. The van der Waals surface area contributed by atoms with E-state index in [2.05, 4.69) is 5.32 Å². The van der Waals surface area contributed by atoms with Crippen molar-refractivity contribution < 1.29 is 19.4 Å². The van der Waals surface area contributed by atoms with Crippen LogP contribution in [0, 0.1) is 29.6 Å². The molecule has 4 aliphatic carbocycles. The number of aliphatic carboxylic acids is 1. The molecule has 0 spiro atoms. The summed E-state index contributed by atoms with van der Waals surface area (Å²) in [7, 11) is 0. The van der Waals surface area contributed by atoms with Gasteiger partial charge >= 0.3 is 5.97 Å². The first-order valence-corrected chi connectivity index (χ1v) is 8.20. The number of carbonyl (C=O) groups is 2. The third-order valence-electron chi connectivity index (χ3n) is 6.32. The van der Waals surface area contributed by atoms with E-state index in [0.717, 1.165) is 11.8 Å². The molecule has 116 valence electrons. The summed E-state index contributed by atoms with van der Waals surface area (Å²) in [6, 6.07) is 0. The quantitative estimate of drug-likeness (QED) is 0.825. The lowest BCUT2D eigenvalue weighted by molar-refractivity contribution is -0.152. The molecular formula is C16H23NO4. The molecule has 5 heteroatoms. The Bertz CT molecular complexity index is 441. The van der Waals surface area contributed by atoms with Gasteiger partial charge in [-0.15, -0.1) is 0 Å². The first-order valence-electron chi connectivity index (χ1n) is 8.20. The van der Waals surface area contributed by atoms with E-state index in [0.29, 0.717) is 24.9 Å². The maximum Gasteiger partial charge on any atom is 0.331 e. The van der Waals surface area contributed by atoms with E-state index in [4.69, 9.17) is 4.74 Å². The Kier molecular flexibility index (Phi) is 3.03. The monoisotopic (exact) mass is 293 g/mol. The van der Waals surface area contributed by atoms with Crippen molar-refractivity contribution in [2.75, 3.05) is 13.2 Å². The van der Waals surface area contributed by atoms with Crippen LogP contribution >= 0.6 is 0 Å². The molecule has 0 aromatic heterocycles. The van der Waals surface area contributed by atoms with Gasteiger partial charge in [-0.2, -0.15) is 0 Å². The molecule has 0 radical (unpaired) electrons. The summed E-state index contributed by atoms with van der Waals surface area (Å²) in [5.41, 5.74) is -1.19. The summed E-state index contributed by atoms with van der Waals surface area (Å²) in [5, 5.41) is 12.3. The standard InChI is InChI=1S/C16H23NO4/c18-14(17-16(15(19)20)1-2-21-8-16)13-11-4-9-3-10(6-11)7-12(13)5-9/h9-13H,1-8H2,(H,17,18)(H,19,20). The average molecular weight is 293 g/mol. The summed E-state index contributed by atoms with van der Waals surface area (Å²) in [6.45, 7) is 0.510. The zero-order chi connectivity index (χ0) is 14.6. The molecule has 1 unspecified atom stereocenters. The second kappa shape index (κ2) is 4.70. The predicted octanol–water partition coefficient (Wildman–Crippen LogP) is 1.42. The van der Waals surface area contributed by atoms with Crippen LogP contribution in [0.1, 0.15) is 38.5 Å². The number of carboxylic acid groups (broad SMARTS) is 1. The highest BCUT2D eigenvalue weighted by Gasteiger charge is 2.53. The van der Waals surface area contributed by atoms with Crippen molar-refractivity contribution in [3.05, 3.63) is 0 Å². The minimum absolute atomic E-state index is 0.0308. The lowest BCUT2D eigenvalue weighted by atomic mass is 9.51. The van der Waals surface area contributed by atoms with Crippen molar-refractivity contribution >= 4 is 11.9 Å². The fourth-order valence-corrected chi connectivity index (χ4v) is 5.56. The molecule has 1 saturated heterocycles. The fraction of sp³-hybridized carbons (Fsp3) is 0.875. The van der Waals surface area contributed by atoms with Gasteiger partial charge in [-0.3, -0.25) is 4.79 Å². The lowest BCUT2D eigenvalue weighted by Crippen LogP contribution is -2.60. The van der Waals surface area contributed by atoms with Gasteiger partial charge in [0.1, 0.15) is 0 Å². The zero-order valence-electron chi connectivity index (χ0n) is 12.2. The van der Waals surface area contributed by atoms with Gasteiger partial charge < -0.3 is 15.2 Å². The van der Waals surface area contributed by atoms with Crippen LogP contribution in [0.25, 0.3) is 0 Å². The Labute approximate surface area is 124 Å². The SMILES string of the molecule is O=C(NC1(C(=O)O)CCOC1)C1C2CC3CC(C2)CC1C3. The van der Waals surface area contributed by atoms with Crippen molar-refractivity contribution in [1.29, 1.82) is 0 Å². The van der Waals surface area contributed by atoms with Gasteiger partial charge in [-0.05, 0) is 55.8 Å². The van der Waals surface area contributed by atoms with Gasteiger partial charge in [0.15, 0.2) is 5.54 Å². The van der Waals surface area contributed by atoms with Gasteiger partial charge in [-0.25, -0.2) is 4.79 Å². The highest BCUT2D eigenvalue weighted by atomic mass is 16.5. The Morgan fingerprint density at radius 3 is 2.14 bits per heavy atom. The molecule has 21 heavy (non-hydrogen) atoms. The third kappa shape index (κ3) is 2.08. The Balaban J connectivity index is 1.51. The van der Waals surface area contributed by atoms with E-state index in [1.54, 1.807) is 0 Å². The van der Waals surface area contributed by atoms with Crippen LogP contribution in [0.3, 0.4) is 0 Å². The number of amides is 1. The van der Waals surface area contributed by atoms with E-state index in [9.17, 15) is 14.7 Å². The minimum Gasteiger partial charge on any atom is -0.479 e. The van der Waals surface area contributed by atoms with Crippen molar-refractivity contribution in [3.63, 3.8) is 0 Å². The Morgan fingerprint density at radius 2 is 1.67 bits per heavy atom. The number of rotatable bonds is 3. The second-order valence-electron chi connectivity index (χ2n) is 7.64. The number of ether oxygens (including phenoxy) is 1. The molecule has 0 aromatic carbocycles. The molecule has 5 fully saturated rings. The molecule has 5 rings (SSSR count). The summed E-state index contributed by atoms with van der Waals surface area (Å²) in [5.74, 6) is 1.65. The maximum absolute atomic E-state index is 12.8. The summed E-state index contributed by atoms with van der Waals surface area (Å²) in [4.78, 5) is 24.3. The van der Waals surface area contributed by atoms with Crippen molar-refractivity contribution in [1.82, 2.24) is 5.32 Å². The second-order valence-corrected chi connectivity index (χ2v) is 7.64. The highest BCUT2D eigenvalue weighted by Crippen LogP contribution is 2.56. The fourth-order valence-electron chi connectivity index (χ4n) is 5.56. The van der Waals surface area contributed by atoms with Crippen LogP contribution in [0.4, 0.5) is 0 Å². The van der Waals surface area contributed by atoms with Crippen LogP contribution in [0.5, 0.6) is 0 Å². The number of nitrogens with one attached hydrogen (secondary N) is 1. The predicted molar refractivity (Wildman–Crippen MR) is 74.5 cm³/mol. The third-order valence-corrected chi connectivity index (χ3v) is 6.32. The number of hydrogen-bond acceptors (Lipinski definition) is 3. The van der Waals surface area contributed by atoms with Crippen LogP contribution in [0.2, 0.25) is 0 Å². The van der Waals surface area contributed by atoms with Crippen molar-refractivity contribution in [2.45, 2.75) is 44.1 Å². The van der Waals surface area contributed by atoms with E-state index in [1.165, 1.54) is 32.1 Å². The van der Waals surface area contributed by atoms with E-state index in [-0.39, 0.29) is 18.4 Å². The van der Waals surface area contributed by atoms with Crippen molar-refractivity contribution in [2.24, 2.45) is 29.6 Å². The van der Waals surface area contributed by atoms with Gasteiger partial charge in [0.2, 0.25) is 5.91 Å². The average Bonchev–Trinajstić information content (AvgIpc) is 2.87. The molecule has 0 aromatic rings. The first kappa shape index (κ1) is 13.6. The summed E-state index contributed by atoms with van der Waals surface area (Å²) < 4.78 is 5.23. The van der Waals surface area contributed by atoms with Crippen LogP contribution in [0.15, 0.2) is 0 Å². The normalized spacial score (nSPS) is 47.5. The van der Waals surface area contributed by atoms with Crippen molar-refractivity contribution in [3.8, 4) is 0 Å². The van der Waals surface area contributed by atoms with E-state index >= 15 is 0 Å². The van der Waals surface area contributed by atoms with Crippen LogP contribution < -0.4 is 5.32 Å². The summed E-state index contributed by atoms with van der Waals surface area (Å²) >= 11 is 0. The molecular weight excluding hydrogens is 270 g/mol. The minimum atomic E-state index is -1.19. The van der Waals surface area contributed by atoms with Gasteiger partial charge in [0.25, 0.3) is 0 Å². The molecule has 4 saturated carbocycles. The molecule has 1 aliphatic heterocycles. The smallest absolute Gasteiger partial charge is 0.331 e. The Morgan fingerprint density at radius 1 is 1.05 bits per heavy atom. The maximum atomic E-state index is 12.8. The number of carbonyl (C=O) groups excluding carboxylic acids is 1. The molecule has 2 N–H and O–H groups in total. The lowest BCUT2D eigenvalue weighted by Gasteiger charge is -2.54. The highest BCUT2D eigenvalue weighted by molar-refractivity contribution is 5.89. The summed E-state index contributed by atoms with van der Waals surface area (Å²) in [6.07, 6.45) is 6.41. The Hall–Kier alpha value is -1.10. The number of carboxylic acids is 1. The van der Waals surface area contributed by atoms with E-state index in [1.807, 2.05) is 0 Å². The molecule has 1 heterocycles.